The molecule has 4 nitrogen and oxygen atoms in total. The number of hydrogen-bond acceptors (Lipinski definition) is 3. The van der Waals surface area contributed by atoms with Gasteiger partial charge in [0.25, 0.3) is 0 Å². The van der Waals surface area contributed by atoms with Crippen molar-refractivity contribution in [3.8, 4) is 11.5 Å². The molecule has 2 aromatic carbocycles. The Morgan fingerprint density at radius 2 is 1.70 bits per heavy atom. The Hall–Kier alpha value is -2.59. The van der Waals surface area contributed by atoms with Gasteiger partial charge in [0.2, 0.25) is 0 Å². The lowest BCUT2D eigenvalue weighted by Gasteiger charge is -2.11. The lowest BCUT2D eigenvalue weighted by Crippen LogP contribution is -1.93. The van der Waals surface area contributed by atoms with E-state index in [0.717, 1.165) is 6.08 Å². The largest absolute Gasteiger partial charge is 0.478 e. The standard InChI is InChI=1S/C16H14O4/c17-11-13-6-2-4-8-15(13)20-14-7-3-1-5-12(14)9-10-16(18)19/h1-10,17H,11H2,(H,18,19). The Balaban J connectivity index is 2.31. The van der Waals surface area contributed by atoms with Crippen LogP contribution < -0.4 is 4.74 Å². The molecule has 2 N–H and O–H groups in total. The molecule has 2 aromatic rings. The molecule has 0 spiro atoms. The summed E-state index contributed by atoms with van der Waals surface area (Å²) in [6, 6.07) is 14.3. The van der Waals surface area contributed by atoms with Crippen molar-refractivity contribution in [2.75, 3.05) is 0 Å². The van der Waals surface area contributed by atoms with Gasteiger partial charge in [-0.15, -0.1) is 0 Å². The van der Waals surface area contributed by atoms with Gasteiger partial charge in [-0.3, -0.25) is 0 Å². The Morgan fingerprint density at radius 1 is 1.05 bits per heavy atom. The maximum Gasteiger partial charge on any atom is 0.328 e. The molecule has 0 aliphatic heterocycles. The van der Waals surface area contributed by atoms with Gasteiger partial charge in [-0.25, -0.2) is 4.79 Å². The summed E-state index contributed by atoms with van der Waals surface area (Å²) in [5.74, 6) is 0.0626. The fourth-order valence-electron chi connectivity index (χ4n) is 1.72. The van der Waals surface area contributed by atoms with Gasteiger partial charge in [-0.1, -0.05) is 36.4 Å². The molecule has 0 heterocycles. The van der Waals surface area contributed by atoms with Crippen LogP contribution in [-0.4, -0.2) is 16.2 Å². The molecule has 0 saturated carbocycles. The van der Waals surface area contributed by atoms with Crippen LogP contribution in [-0.2, 0) is 11.4 Å². The van der Waals surface area contributed by atoms with E-state index < -0.39 is 5.97 Å². The van der Waals surface area contributed by atoms with Gasteiger partial charge < -0.3 is 14.9 Å². The van der Waals surface area contributed by atoms with E-state index in [-0.39, 0.29) is 6.61 Å². The molecule has 0 amide bonds. The second-order valence-electron chi connectivity index (χ2n) is 4.08. The maximum atomic E-state index is 10.6. The van der Waals surface area contributed by atoms with Crippen LogP contribution in [0.4, 0.5) is 0 Å². The summed E-state index contributed by atoms with van der Waals surface area (Å²) in [6.45, 7) is -0.122. The van der Waals surface area contributed by atoms with E-state index in [1.807, 2.05) is 12.1 Å². The lowest BCUT2D eigenvalue weighted by atomic mass is 10.1. The minimum absolute atomic E-state index is 0.122. The minimum Gasteiger partial charge on any atom is -0.478 e. The van der Waals surface area contributed by atoms with Gasteiger partial charge in [-0.2, -0.15) is 0 Å². The lowest BCUT2D eigenvalue weighted by molar-refractivity contribution is -0.131. The van der Waals surface area contributed by atoms with Crippen molar-refractivity contribution < 1.29 is 19.7 Å². The second kappa shape index (κ2) is 6.54. The molecule has 0 bridgehead atoms. The minimum atomic E-state index is -1.02. The summed E-state index contributed by atoms with van der Waals surface area (Å²) in [7, 11) is 0. The predicted octanol–water partition coefficient (Wildman–Crippen LogP) is 3.07. The topological polar surface area (TPSA) is 66.8 Å². The van der Waals surface area contributed by atoms with Crippen LogP contribution in [0, 0.1) is 0 Å². The Morgan fingerprint density at radius 3 is 2.40 bits per heavy atom. The highest BCUT2D eigenvalue weighted by molar-refractivity contribution is 5.85. The van der Waals surface area contributed by atoms with E-state index in [4.69, 9.17) is 9.84 Å². The number of ether oxygens (including phenoxy) is 1. The smallest absolute Gasteiger partial charge is 0.328 e. The molecular formula is C16H14O4. The van der Waals surface area contributed by atoms with E-state index in [1.165, 1.54) is 6.08 Å². The average molecular weight is 270 g/mol. The third-order valence-corrected chi connectivity index (χ3v) is 2.69. The summed E-state index contributed by atoms with van der Waals surface area (Å²) in [5, 5.41) is 17.9. The van der Waals surface area contributed by atoms with Crippen LogP contribution in [0.25, 0.3) is 6.08 Å². The number of aliphatic hydroxyl groups is 1. The van der Waals surface area contributed by atoms with E-state index >= 15 is 0 Å². The molecule has 0 saturated heterocycles. The SMILES string of the molecule is O=C(O)C=Cc1ccccc1Oc1ccccc1CO. The molecule has 0 aliphatic carbocycles. The zero-order chi connectivity index (χ0) is 14.4. The molecule has 2 rings (SSSR count). The summed E-state index contributed by atoms with van der Waals surface area (Å²) >= 11 is 0. The van der Waals surface area contributed by atoms with Crippen LogP contribution in [0.3, 0.4) is 0 Å². The number of carboxylic acids is 1. The number of hydrogen-bond donors (Lipinski definition) is 2. The highest BCUT2D eigenvalue weighted by Crippen LogP contribution is 2.28. The third kappa shape index (κ3) is 3.46. The summed E-state index contributed by atoms with van der Waals surface area (Å²) < 4.78 is 5.76. The third-order valence-electron chi connectivity index (χ3n) is 2.69. The van der Waals surface area contributed by atoms with Gasteiger partial charge in [0.05, 0.1) is 6.61 Å². The number of carbonyl (C=O) groups is 1. The van der Waals surface area contributed by atoms with E-state index in [0.29, 0.717) is 22.6 Å². The normalized spacial score (nSPS) is 10.7. The number of para-hydroxylation sites is 2. The summed E-state index contributed by atoms with van der Waals surface area (Å²) in [4.78, 5) is 10.6. The first-order valence-electron chi connectivity index (χ1n) is 6.07. The van der Waals surface area contributed by atoms with Gasteiger partial charge >= 0.3 is 5.97 Å². The quantitative estimate of drug-likeness (QED) is 0.819. The van der Waals surface area contributed by atoms with E-state index in [2.05, 4.69) is 0 Å². The molecule has 4 heteroatoms. The van der Waals surface area contributed by atoms with Crippen LogP contribution in [0.5, 0.6) is 11.5 Å². The molecule has 102 valence electrons. The van der Waals surface area contributed by atoms with Gasteiger partial charge in [0.15, 0.2) is 0 Å². The number of rotatable bonds is 5. The second-order valence-corrected chi connectivity index (χ2v) is 4.08. The Kier molecular flexibility index (Phi) is 4.52. The first-order chi connectivity index (χ1) is 9.70. The number of aliphatic hydroxyl groups excluding tert-OH is 1. The van der Waals surface area contributed by atoms with Crippen molar-refractivity contribution in [1.29, 1.82) is 0 Å². The van der Waals surface area contributed by atoms with Crippen molar-refractivity contribution in [3.05, 3.63) is 65.7 Å². The fraction of sp³-hybridized carbons (Fsp3) is 0.0625. The van der Waals surface area contributed by atoms with Gasteiger partial charge in [-0.05, 0) is 18.2 Å². The number of aliphatic carboxylic acids is 1. The molecule has 0 aliphatic rings. The predicted molar refractivity (Wildman–Crippen MR) is 75.6 cm³/mol. The fourth-order valence-corrected chi connectivity index (χ4v) is 1.72. The van der Waals surface area contributed by atoms with Crippen molar-refractivity contribution in [2.24, 2.45) is 0 Å². The molecular weight excluding hydrogens is 256 g/mol. The van der Waals surface area contributed by atoms with Crippen LogP contribution in [0.15, 0.2) is 54.6 Å². The number of benzene rings is 2. The molecule has 0 fully saturated rings. The highest BCUT2D eigenvalue weighted by atomic mass is 16.5. The molecule has 0 atom stereocenters. The first kappa shape index (κ1) is 13.8. The van der Waals surface area contributed by atoms with Gasteiger partial charge in [0.1, 0.15) is 11.5 Å². The maximum absolute atomic E-state index is 10.6. The zero-order valence-corrected chi connectivity index (χ0v) is 10.7. The van der Waals surface area contributed by atoms with Crippen molar-refractivity contribution in [2.45, 2.75) is 6.61 Å². The Bertz CT molecular complexity index is 632. The molecule has 20 heavy (non-hydrogen) atoms. The van der Waals surface area contributed by atoms with Crippen LogP contribution >= 0.6 is 0 Å². The molecule has 0 aromatic heterocycles. The molecule has 0 unspecified atom stereocenters. The highest BCUT2D eigenvalue weighted by Gasteiger charge is 2.06. The summed E-state index contributed by atoms with van der Waals surface area (Å²) in [5.41, 5.74) is 1.33. The number of carboxylic acid groups (broad SMARTS) is 1. The Labute approximate surface area is 116 Å². The van der Waals surface area contributed by atoms with Crippen LogP contribution in [0.1, 0.15) is 11.1 Å². The van der Waals surface area contributed by atoms with E-state index in [1.54, 1.807) is 36.4 Å². The zero-order valence-electron chi connectivity index (χ0n) is 10.7. The van der Waals surface area contributed by atoms with Crippen molar-refractivity contribution >= 4 is 12.0 Å². The van der Waals surface area contributed by atoms with Crippen molar-refractivity contribution in [3.63, 3.8) is 0 Å². The van der Waals surface area contributed by atoms with E-state index in [9.17, 15) is 9.90 Å². The first-order valence-corrected chi connectivity index (χ1v) is 6.07. The van der Waals surface area contributed by atoms with Crippen LogP contribution in [0.2, 0.25) is 0 Å². The monoisotopic (exact) mass is 270 g/mol. The van der Waals surface area contributed by atoms with Gasteiger partial charge in [0, 0.05) is 17.2 Å². The molecule has 0 radical (unpaired) electrons. The summed E-state index contributed by atoms with van der Waals surface area (Å²) in [6.07, 6.45) is 2.53. The average Bonchev–Trinajstić information content (AvgIpc) is 2.47. The van der Waals surface area contributed by atoms with Crippen molar-refractivity contribution in [1.82, 2.24) is 0 Å².